The molecule has 2 fully saturated rings. The standard InChI is InChI=1S/C21H29N5O3S3/c1-3-16-6-4-5-15(2)19(16)22-20-23-24-21(31-20)30-13-18(27)26-10-8-25(9-11-26)17-7-12-32(28,29)14-17/h4-6,17H,3,7-14H2,1-2H3,(H,22,23). The molecule has 2 aliphatic rings. The van der Waals surface area contributed by atoms with Crippen molar-refractivity contribution in [2.75, 3.05) is 48.8 Å². The summed E-state index contributed by atoms with van der Waals surface area (Å²) in [6.07, 6.45) is 1.64. The number of piperazine rings is 1. The van der Waals surface area contributed by atoms with E-state index in [0.29, 0.717) is 25.3 Å². The van der Waals surface area contributed by atoms with Crippen molar-refractivity contribution in [3.05, 3.63) is 29.3 Å². The molecule has 32 heavy (non-hydrogen) atoms. The third-order valence-electron chi connectivity index (χ3n) is 6.09. The number of thioether (sulfide) groups is 1. The summed E-state index contributed by atoms with van der Waals surface area (Å²) >= 11 is 2.87. The molecule has 1 aromatic heterocycles. The molecule has 3 heterocycles. The van der Waals surface area contributed by atoms with E-state index in [-0.39, 0.29) is 23.5 Å². The predicted molar refractivity (Wildman–Crippen MR) is 130 cm³/mol. The molecule has 1 unspecified atom stereocenters. The Morgan fingerprint density at radius 1 is 1.25 bits per heavy atom. The number of aryl methyl sites for hydroxylation is 2. The molecular formula is C21H29N5O3S3. The fraction of sp³-hybridized carbons (Fsp3) is 0.571. The van der Waals surface area contributed by atoms with Crippen LogP contribution in [0.1, 0.15) is 24.5 Å². The molecule has 2 saturated heterocycles. The van der Waals surface area contributed by atoms with Gasteiger partial charge in [-0.05, 0) is 30.9 Å². The Hall–Kier alpha value is -1.69. The average Bonchev–Trinajstić information content (AvgIpc) is 3.39. The molecule has 11 heteroatoms. The minimum Gasteiger partial charge on any atom is -0.339 e. The van der Waals surface area contributed by atoms with Crippen LogP contribution in [0, 0.1) is 6.92 Å². The van der Waals surface area contributed by atoms with Crippen molar-refractivity contribution in [1.29, 1.82) is 0 Å². The normalized spacial score (nSPS) is 21.1. The highest BCUT2D eigenvalue weighted by Gasteiger charge is 2.34. The third kappa shape index (κ3) is 5.62. The number of carbonyl (C=O) groups is 1. The smallest absolute Gasteiger partial charge is 0.233 e. The lowest BCUT2D eigenvalue weighted by Gasteiger charge is -2.37. The summed E-state index contributed by atoms with van der Waals surface area (Å²) in [5, 5.41) is 12.6. The molecule has 2 aliphatic heterocycles. The molecule has 0 saturated carbocycles. The van der Waals surface area contributed by atoms with Crippen LogP contribution in [0.5, 0.6) is 0 Å². The van der Waals surface area contributed by atoms with Gasteiger partial charge in [-0.25, -0.2) is 8.42 Å². The highest BCUT2D eigenvalue weighted by Crippen LogP contribution is 2.31. The zero-order valence-electron chi connectivity index (χ0n) is 18.4. The first-order chi connectivity index (χ1) is 15.3. The fourth-order valence-electron chi connectivity index (χ4n) is 4.24. The molecule has 2 aromatic rings. The lowest BCUT2D eigenvalue weighted by atomic mass is 10.1. The zero-order valence-corrected chi connectivity index (χ0v) is 20.9. The highest BCUT2D eigenvalue weighted by molar-refractivity contribution is 8.01. The number of benzene rings is 1. The van der Waals surface area contributed by atoms with Crippen LogP contribution in [-0.4, -0.2) is 83.8 Å². The number of carbonyl (C=O) groups excluding carboxylic acids is 1. The van der Waals surface area contributed by atoms with Crippen molar-refractivity contribution < 1.29 is 13.2 Å². The number of amides is 1. The Labute approximate surface area is 197 Å². The lowest BCUT2D eigenvalue weighted by molar-refractivity contribution is -0.130. The molecule has 1 aromatic carbocycles. The zero-order chi connectivity index (χ0) is 22.7. The quantitative estimate of drug-likeness (QED) is 0.586. The second kappa shape index (κ2) is 10.1. The van der Waals surface area contributed by atoms with E-state index in [0.717, 1.165) is 34.7 Å². The summed E-state index contributed by atoms with van der Waals surface area (Å²) in [6, 6.07) is 6.35. The van der Waals surface area contributed by atoms with Crippen LogP contribution in [-0.2, 0) is 21.1 Å². The number of para-hydroxylation sites is 1. The Balaban J connectivity index is 1.25. The summed E-state index contributed by atoms with van der Waals surface area (Å²) < 4.78 is 24.2. The van der Waals surface area contributed by atoms with E-state index >= 15 is 0 Å². The Bertz CT molecular complexity index is 1060. The summed E-state index contributed by atoms with van der Waals surface area (Å²) in [7, 11) is -2.88. The molecule has 0 aliphatic carbocycles. The second-order valence-corrected chi connectivity index (χ2v) is 12.7. The minimum absolute atomic E-state index is 0.0885. The van der Waals surface area contributed by atoms with Gasteiger partial charge < -0.3 is 10.2 Å². The predicted octanol–water partition coefficient (Wildman–Crippen LogP) is 2.58. The first kappa shape index (κ1) is 23.5. The molecule has 174 valence electrons. The topological polar surface area (TPSA) is 95.5 Å². The Morgan fingerprint density at radius 2 is 2.03 bits per heavy atom. The van der Waals surface area contributed by atoms with Gasteiger partial charge in [0.1, 0.15) is 0 Å². The van der Waals surface area contributed by atoms with Gasteiger partial charge in [-0.1, -0.05) is 48.2 Å². The largest absolute Gasteiger partial charge is 0.339 e. The van der Waals surface area contributed by atoms with Crippen LogP contribution in [0.2, 0.25) is 0 Å². The van der Waals surface area contributed by atoms with Crippen molar-refractivity contribution in [3.63, 3.8) is 0 Å². The lowest BCUT2D eigenvalue weighted by Crippen LogP contribution is -2.52. The number of sulfone groups is 1. The fourth-order valence-corrected chi connectivity index (χ4v) is 7.66. The molecule has 0 spiro atoms. The van der Waals surface area contributed by atoms with Gasteiger partial charge in [0, 0.05) is 37.9 Å². The number of hydrogen-bond donors (Lipinski definition) is 1. The van der Waals surface area contributed by atoms with Crippen LogP contribution < -0.4 is 5.32 Å². The maximum atomic E-state index is 12.7. The van der Waals surface area contributed by atoms with E-state index < -0.39 is 9.84 Å². The minimum atomic E-state index is -2.88. The van der Waals surface area contributed by atoms with Gasteiger partial charge in [0.15, 0.2) is 14.2 Å². The van der Waals surface area contributed by atoms with Gasteiger partial charge in [-0.3, -0.25) is 9.69 Å². The van der Waals surface area contributed by atoms with Crippen molar-refractivity contribution in [1.82, 2.24) is 20.0 Å². The molecule has 1 N–H and O–H groups in total. The SMILES string of the molecule is CCc1cccc(C)c1Nc1nnc(SCC(=O)N2CCN(C3CCS(=O)(=O)C3)CC2)s1. The van der Waals surface area contributed by atoms with Crippen LogP contribution in [0.15, 0.2) is 22.5 Å². The Morgan fingerprint density at radius 3 is 2.72 bits per heavy atom. The third-order valence-corrected chi connectivity index (χ3v) is 9.80. The van der Waals surface area contributed by atoms with Crippen LogP contribution in [0.25, 0.3) is 0 Å². The average molecular weight is 496 g/mol. The van der Waals surface area contributed by atoms with Crippen molar-refractivity contribution in [3.8, 4) is 0 Å². The van der Waals surface area contributed by atoms with Gasteiger partial charge in [-0.15, -0.1) is 10.2 Å². The number of aromatic nitrogens is 2. The highest BCUT2D eigenvalue weighted by atomic mass is 32.2. The Kier molecular flexibility index (Phi) is 7.38. The van der Waals surface area contributed by atoms with E-state index in [1.807, 2.05) is 4.90 Å². The van der Waals surface area contributed by atoms with Gasteiger partial charge in [0.05, 0.1) is 17.3 Å². The summed E-state index contributed by atoms with van der Waals surface area (Å²) in [6.45, 7) is 6.96. The van der Waals surface area contributed by atoms with Crippen molar-refractivity contribution >= 4 is 49.7 Å². The molecule has 1 amide bonds. The van der Waals surface area contributed by atoms with Crippen molar-refractivity contribution in [2.24, 2.45) is 0 Å². The van der Waals surface area contributed by atoms with E-state index in [2.05, 4.69) is 52.5 Å². The van der Waals surface area contributed by atoms with Gasteiger partial charge in [0.25, 0.3) is 0 Å². The summed E-state index contributed by atoms with van der Waals surface area (Å²) in [5.41, 5.74) is 3.48. The maximum absolute atomic E-state index is 12.7. The molecule has 8 nitrogen and oxygen atoms in total. The number of rotatable bonds is 7. The number of nitrogens with one attached hydrogen (secondary N) is 1. The van der Waals surface area contributed by atoms with E-state index in [4.69, 9.17) is 0 Å². The number of anilines is 2. The van der Waals surface area contributed by atoms with Crippen molar-refractivity contribution in [2.45, 2.75) is 37.1 Å². The summed E-state index contributed by atoms with van der Waals surface area (Å²) in [5.74, 6) is 0.963. The van der Waals surface area contributed by atoms with E-state index in [1.165, 1.54) is 34.2 Å². The van der Waals surface area contributed by atoms with E-state index in [9.17, 15) is 13.2 Å². The summed E-state index contributed by atoms with van der Waals surface area (Å²) in [4.78, 5) is 16.8. The molecule has 0 radical (unpaired) electrons. The first-order valence-corrected chi connectivity index (χ1v) is 14.5. The molecule has 4 rings (SSSR count). The van der Waals surface area contributed by atoms with Crippen LogP contribution in [0.4, 0.5) is 10.8 Å². The number of nitrogens with zero attached hydrogens (tertiary/aromatic N) is 4. The van der Waals surface area contributed by atoms with Gasteiger partial charge in [-0.2, -0.15) is 0 Å². The van der Waals surface area contributed by atoms with E-state index in [1.54, 1.807) is 0 Å². The van der Waals surface area contributed by atoms with Gasteiger partial charge in [0.2, 0.25) is 11.0 Å². The molecule has 0 bridgehead atoms. The number of hydrogen-bond acceptors (Lipinski definition) is 9. The first-order valence-electron chi connectivity index (χ1n) is 10.9. The van der Waals surface area contributed by atoms with Crippen LogP contribution >= 0.6 is 23.1 Å². The maximum Gasteiger partial charge on any atom is 0.233 e. The molecule has 1 atom stereocenters. The monoisotopic (exact) mass is 495 g/mol. The molecular weight excluding hydrogens is 466 g/mol. The van der Waals surface area contributed by atoms with Gasteiger partial charge >= 0.3 is 0 Å². The second-order valence-electron chi connectivity index (χ2n) is 8.22. The van der Waals surface area contributed by atoms with Crippen LogP contribution in [0.3, 0.4) is 0 Å².